The standard InChI is InChI=1S/C24H28FN5O2S/c1-17-4-3-5-19(14-17)23-26-27-24(33)30(23)9-8-22(31)29-12-10-28(11-13-29)16-18-6-7-21(32-2)20(25)15-18/h3-7,14-15H,8-13,16H2,1-2H3,(H,27,33). The number of ether oxygens (including phenoxy) is 1. The summed E-state index contributed by atoms with van der Waals surface area (Å²) in [7, 11) is 1.46. The summed E-state index contributed by atoms with van der Waals surface area (Å²) in [5.41, 5.74) is 3.00. The fourth-order valence-electron chi connectivity index (χ4n) is 4.12. The first kappa shape index (κ1) is 23.1. The van der Waals surface area contributed by atoms with Crippen LogP contribution in [0, 0.1) is 17.5 Å². The van der Waals surface area contributed by atoms with E-state index in [1.807, 2.05) is 40.7 Å². The zero-order chi connectivity index (χ0) is 23.4. The molecule has 1 amide bonds. The van der Waals surface area contributed by atoms with Gasteiger partial charge < -0.3 is 9.64 Å². The maximum Gasteiger partial charge on any atom is 0.224 e. The van der Waals surface area contributed by atoms with Crippen LogP contribution in [0.4, 0.5) is 4.39 Å². The Bertz CT molecular complexity index is 1180. The van der Waals surface area contributed by atoms with Gasteiger partial charge in [0, 0.05) is 51.3 Å². The van der Waals surface area contributed by atoms with Crippen LogP contribution in [-0.4, -0.2) is 63.8 Å². The van der Waals surface area contributed by atoms with Crippen LogP contribution >= 0.6 is 12.2 Å². The van der Waals surface area contributed by atoms with Gasteiger partial charge >= 0.3 is 0 Å². The van der Waals surface area contributed by atoms with Gasteiger partial charge in [0.25, 0.3) is 0 Å². The summed E-state index contributed by atoms with van der Waals surface area (Å²) < 4.78 is 21.3. The molecular formula is C24H28FN5O2S. The highest BCUT2D eigenvalue weighted by Crippen LogP contribution is 2.20. The molecule has 0 radical (unpaired) electrons. The fraction of sp³-hybridized carbons (Fsp3) is 0.375. The molecule has 1 aromatic heterocycles. The number of hydrogen-bond acceptors (Lipinski definition) is 5. The number of nitrogens with one attached hydrogen (secondary N) is 1. The number of H-pyrrole nitrogens is 1. The Kier molecular flexibility index (Phi) is 7.20. The molecule has 7 nitrogen and oxygen atoms in total. The summed E-state index contributed by atoms with van der Waals surface area (Å²) >= 11 is 5.40. The van der Waals surface area contributed by atoms with Gasteiger partial charge in [-0.2, -0.15) is 5.10 Å². The normalized spacial score (nSPS) is 14.5. The van der Waals surface area contributed by atoms with E-state index in [0.29, 0.717) is 37.4 Å². The van der Waals surface area contributed by atoms with E-state index in [1.54, 1.807) is 6.07 Å². The Balaban J connectivity index is 1.31. The highest BCUT2D eigenvalue weighted by molar-refractivity contribution is 7.71. The first-order valence-electron chi connectivity index (χ1n) is 11.0. The molecule has 0 spiro atoms. The lowest BCUT2D eigenvalue weighted by Crippen LogP contribution is -2.48. The molecule has 0 aliphatic carbocycles. The van der Waals surface area contributed by atoms with Crippen LogP contribution in [0.5, 0.6) is 5.75 Å². The second-order valence-corrected chi connectivity index (χ2v) is 8.64. The van der Waals surface area contributed by atoms with Crippen LogP contribution < -0.4 is 4.74 Å². The minimum absolute atomic E-state index is 0.100. The van der Waals surface area contributed by atoms with Crippen LogP contribution in [0.15, 0.2) is 42.5 Å². The third kappa shape index (κ3) is 5.48. The van der Waals surface area contributed by atoms with E-state index in [4.69, 9.17) is 17.0 Å². The molecule has 2 heterocycles. The Morgan fingerprint density at radius 2 is 1.97 bits per heavy atom. The number of benzene rings is 2. The Morgan fingerprint density at radius 1 is 1.18 bits per heavy atom. The molecule has 0 atom stereocenters. The molecule has 1 aliphatic heterocycles. The molecule has 1 N–H and O–H groups in total. The second kappa shape index (κ2) is 10.3. The largest absolute Gasteiger partial charge is 0.494 e. The molecule has 2 aromatic carbocycles. The number of methoxy groups -OCH3 is 1. The number of nitrogens with zero attached hydrogens (tertiary/aromatic N) is 4. The van der Waals surface area contributed by atoms with Crippen LogP contribution in [0.3, 0.4) is 0 Å². The van der Waals surface area contributed by atoms with Gasteiger partial charge in [-0.15, -0.1) is 0 Å². The number of hydrogen-bond donors (Lipinski definition) is 1. The summed E-state index contributed by atoms with van der Waals surface area (Å²) in [5, 5.41) is 7.21. The van der Waals surface area contributed by atoms with Crippen molar-refractivity contribution in [2.75, 3.05) is 33.3 Å². The van der Waals surface area contributed by atoms with Crippen molar-refractivity contribution in [3.8, 4) is 17.1 Å². The van der Waals surface area contributed by atoms with Crippen LogP contribution in [0.1, 0.15) is 17.5 Å². The lowest BCUT2D eigenvalue weighted by molar-refractivity contribution is -0.133. The van der Waals surface area contributed by atoms with E-state index in [-0.39, 0.29) is 17.5 Å². The molecule has 0 bridgehead atoms. The molecule has 1 saturated heterocycles. The van der Waals surface area contributed by atoms with Gasteiger partial charge in [0.05, 0.1) is 7.11 Å². The van der Waals surface area contributed by atoms with Crippen molar-refractivity contribution < 1.29 is 13.9 Å². The second-order valence-electron chi connectivity index (χ2n) is 8.25. The average molecular weight is 470 g/mol. The predicted molar refractivity (Wildman–Crippen MR) is 127 cm³/mol. The highest BCUT2D eigenvalue weighted by Gasteiger charge is 2.22. The summed E-state index contributed by atoms with van der Waals surface area (Å²) in [4.78, 5) is 17.0. The maximum atomic E-state index is 13.9. The van der Waals surface area contributed by atoms with Crippen molar-refractivity contribution in [1.82, 2.24) is 24.6 Å². The first-order chi connectivity index (χ1) is 15.9. The Labute approximate surface area is 197 Å². The molecule has 4 rings (SSSR count). The van der Waals surface area contributed by atoms with E-state index >= 15 is 0 Å². The van der Waals surface area contributed by atoms with Crippen LogP contribution in [0.2, 0.25) is 0 Å². The van der Waals surface area contributed by atoms with Crippen molar-refractivity contribution in [2.45, 2.75) is 26.4 Å². The SMILES string of the molecule is COc1ccc(CN2CCN(C(=O)CCn3c(-c4cccc(C)c4)n[nH]c3=S)CC2)cc1F. The van der Waals surface area contributed by atoms with Crippen molar-refractivity contribution in [2.24, 2.45) is 0 Å². The zero-order valence-electron chi connectivity index (χ0n) is 18.9. The van der Waals surface area contributed by atoms with E-state index in [9.17, 15) is 9.18 Å². The van der Waals surface area contributed by atoms with Crippen LogP contribution in [-0.2, 0) is 17.9 Å². The van der Waals surface area contributed by atoms with E-state index in [0.717, 1.165) is 35.6 Å². The summed E-state index contributed by atoms with van der Waals surface area (Å²) in [6.45, 7) is 5.95. The Hall–Kier alpha value is -3.04. The summed E-state index contributed by atoms with van der Waals surface area (Å²) in [5.74, 6) is 0.737. The maximum absolute atomic E-state index is 13.9. The van der Waals surface area contributed by atoms with Gasteiger partial charge in [-0.25, -0.2) is 4.39 Å². The predicted octanol–water partition coefficient (Wildman–Crippen LogP) is 3.80. The summed E-state index contributed by atoms with van der Waals surface area (Å²) in [6.07, 6.45) is 0.357. The lowest BCUT2D eigenvalue weighted by Gasteiger charge is -2.35. The zero-order valence-corrected chi connectivity index (χ0v) is 19.7. The number of aryl methyl sites for hydroxylation is 1. The molecular weight excluding hydrogens is 441 g/mol. The molecule has 3 aromatic rings. The first-order valence-corrected chi connectivity index (χ1v) is 11.4. The van der Waals surface area contributed by atoms with Crippen molar-refractivity contribution >= 4 is 18.1 Å². The number of aromatic nitrogens is 3. The number of halogens is 1. The fourth-order valence-corrected chi connectivity index (χ4v) is 4.34. The van der Waals surface area contributed by atoms with Gasteiger partial charge in [-0.3, -0.25) is 19.4 Å². The smallest absolute Gasteiger partial charge is 0.224 e. The molecule has 1 aliphatic rings. The minimum Gasteiger partial charge on any atom is -0.494 e. The number of carbonyl (C=O) groups excluding carboxylic acids is 1. The number of rotatable bonds is 7. The van der Waals surface area contributed by atoms with Gasteiger partial charge in [0.15, 0.2) is 22.2 Å². The monoisotopic (exact) mass is 469 g/mol. The molecule has 0 unspecified atom stereocenters. The number of aromatic amines is 1. The number of amides is 1. The quantitative estimate of drug-likeness (QED) is 0.533. The van der Waals surface area contributed by atoms with E-state index in [1.165, 1.54) is 13.2 Å². The van der Waals surface area contributed by atoms with Crippen LogP contribution in [0.25, 0.3) is 11.4 Å². The number of carbonyl (C=O) groups is 1. The van der Waals surface area contributed by atoms with Gasteiger partial charge in [0.1, 0.15) is 0 Å². The topological polar surface area (TPSA) is 66.4 Å². The summed E-state index contributed by atoms with van der Waals surface area (Å²) in [6, 6.07) is 13.1. The van der Waals surface area contributed by atoms with Gasteiger partial charge in [-0.1, -0.05) is 29.8 Å². The third-order valence-electron chi connectivity index (χ3n) is 5.93. The molecule has 9 heteroatoms. The van der Waals surface area contributed by atoms with Crippen molar-refractivity contribution in [3.63, 3.8) is 0 Å². The molecule has 33 heavy (non-hydrogen) atoms. The van der Waals surface area contributed by atoms with Crippen molar-refractivity contribution in [1.29, 1.82) is 0 Å². The molecule has 0 saturated carbocycles. The number of piperazine rings is 1. The van der Waals surface area contributed by atoms with Crippen molar-refractivity contribution in [3.05, 3.63) is 64.2 Å². The average Bonchev–Trinajstić information content (AvgIpc) is 3.18. The molecule has 1 fully saturated rings. The van der Waals surface area contributed by atoms with Gasteiger partial charge in [-0.05, 0) is 42.9 Å². The Morgan fingerprint density at radius 3 is 2.67 bits per heavy atom. The highest BCUT2D eigenvalue weighted by atomic mass is 32.1. The lowest BCUT2D eigenvalue weighted by atomic mass is 10.1. The third-order valence-corrected chi connectivity index (χ3v) is 6.24. The molecule has 174 valence electrons. The van der Waals surface area contributed by atoms with E-state index in [2.05, 4.69) is 21.2 Å². The minimum atomic E-state index is -0.355. The van der Waals surface area contributed by atoms with E-state index < -0.39 is 0 Å². The van der Waals surface area contributed by atoms with Gasteiger partial charge in [0.2, 0.25) is 5.91 Å².